The van der Waals surface area contributed by atoms with Crippen molar-refractivity contribution in [1.29, 1.82) is 0 Å². The Balaban J connectivity index is 1.91. The molecule has 0 bridgehead atoms. The Kier molecular flexibility index (Phi) is 5.16. The first-order chi connectivity index (χ1) is 5.79. The number of hydrogen-bond donors (Lipinski definition) is 0. The lowest BCUT2D eigenvalue weighted by Crippen LogP contribution is -1.98. The molecule has 0 N–H and O–H groups in total. The lowest BCUT2D eigenvalue weighted by Gasteiger charge is -2.01. The molecule has 0 amide bonds. The number of thiol groups is 1. The Morgan fingerprint density at radius 2 is 2.42 bits per heavy atom. The van der Waals surface area contributed by atoms with Crippen LogP contribution < -0.4 is 0 Å². The molecule has 1 rings (SSSR count). The molecule has 12 heavy (non-hydrogen) atoms. The molecule has 1 atom stereocenters. The van der Waals surface area contributed by atoms with E-state index in [4.69, 9.17) is 0 Å². The minimum absolute atomic E-state index is 0.340. The highest BCUT2D eigenvalue weighted by molar-refractivity contribution is 8.67. The van der Waals surface area contributed by atoms with E-state index in [0.29, 0.717) is 5.78 Å². The van der Waals surface area contributed by atoms with E-state index in [0.717, 1.165) is 18.1 Å². The Morgan fingerprint density at radius 1 is 1.58 bits per heavy atom. The van der Waals surface area contributed by atoms with Gasteiger partial charge in [-0.2, -0.15) is 0 Å². The van der Waals surface area contributed by atoms with Gasteiger partial charge >= 0.3 is 0 Å². The van der Waals surface area contributed by atoms with Crippen LogP contribution in [0.2, 0.25) is 0 Å². The maximum absolute atomic E-state index is 10.6. The number of Topliss-reactive ketones (excluding diaryl/α,β-unsaturated/α-hetero) is 1. The molecule has 1 fully saturated rings. The molecule has 0 aromatic carbocycles. The van der Waals surface area contributed by atoms with Crippen LogP contribution in [0.25, 0.3) is 0 Å². The van der Waals surface area contributed by atoms with E-state index < -0.39 is 0 Å². The summed E-state index contributed by atoms with van der Waals surface area (Å²) >= 11 is 0. The lowest BCUT2D eigenvalue weighted by atomic mass is 10.1. The Labute approximate surface area is 82.5 Å². The summed E-state index contributed by atoms with van der Waals surface area (Å²) in [5.41, 5.74) is 0. The first-order valence-electron chi connectivity index (χ1n) is 4.61. The number of carbonyl (C=O) groups excluding carboxylic acids is 1. The van der Waals surface area contributed by atoms with E-state index in [1.54, 1.807) is 17.7 Å². The van der Waals surface area contributed by atoms with Crippen LogP contribution in [0.3, 0.4) is 0 Å². The summed E-state index contributed by atoms with van der Waals surface area (Å²) in [4.78, 5) is 10.6. The first kappa shape index (κ1) is 10.5. The zero-order valence-corrected chi connectivity index (χ0v) is 9.29. The summed E-state index contributed by atoms with van der Waals surface area (Å²) in [6.45, 7) is 1.68. The van der Waals surface area contributed by atoms with E-state index >= 15 is 0 Å². The van der Waals surface area contributed by atoms with Gasteiger partial charge in [0.2, 0.25) is 0 Å². The van der Waals surface area contributed by atoms with Crippen molar-refractivity contribution in [3.05, 3.63) is 0 Å². The number of carbonyl (C=O) groups is 1. The van der Waals surface area contributed by atoms with Gasteiger partial charge in [-0.15, -0.1) is 0 Å². The van der Waals surface area contributed by atoms with Gasteiger partial charge < -0.3 is 4.79 Å². The van der Waals surface area contributed by atoms with Crippen molar-refractivity contribution in [1.82, 2.24) is 0 Å². The van der Waals surface area contributed by atoms with Crippen molar-refractivity contribution in [2.75, 3.05) is 5.75 Å². The second-order valence-corrected chi connectivity index (χ2v) is 6.31. The van der Waals surface area contributed by atoms with Gasteiger partial charge in [-0.1, -0.05) is 6.42 Å². The molecule has 1 unspecified atom stereocenters. The fraction of sp³-hybridized carbons (Fsp3) is 0.889. The second-order valence-electron chi connectivity index (χ2n) is 3.32. The number of hydrogen-bond acceptors (Lipinski definition) is 2. The zero-order valence-electron chi connectivity index (χ0n) is 7.58. The van der Waals surface area contributed by atoms with E-state index in [2.05, 4.69) is 10.8 Å². The third-order valence-electron chi connectivity index (χ3n) is 2.07. The fourth-order valence-corrected chi connectivity index (χ4v) is 4.65. The van der Waals surface area contributed by atoms with E-state index in [1.807, 2.05) is 0 Å². The van der Waals surface area contributed by atoms with Crippen molar-refractivity contribution in [2.24, 2.45) is 0 Å². The Hall–Kier alpha value is 0.370. The molecule has 0 radical (unpaired) electrons. The van der Waals surface area contributed by atoms with Crippen LogP contribution in [0, 0.1) is 0 Å². The largest absolute Gasteiger partial charge is 0.300 e. The third kappa shape index (κ3) is 4.41. The maximum Gasteiger partial charge on any atom is 0.129 e. The first-order valence-corrected chi connectivity index (χ1v) is 7.17. The van der Waals surface area contributed by atoms with Crippen molar-refractivity contribution in [3.63, 3.8) is 0 Å². The Morgan fingerprint density at radius 3 is 3.00 bits per heavy atom. The summed E-state index contributed by atoms with van der Waals surface area (Å²) in [6.07, 6.45) is 5.85. The molecule has 1 aliphatic rings. The summed E-state index contributed by atoms with van der Waals surface area (Å²) in [5.74, 6) is 1.72. The average molecular weight is 205 g/mol. The summed E-state index contributed by atoms with van der Waals surface area (Å²) in [6, 6.07) is 0. The van der Waals surface area contributed by atoms with Gasteiger partial charge in [0.25, 0.3) is 0 Å². The highest BCUT2D eigenvalue weighted by Crippen LogP contribution is 2.28. The van der Waals surface area contributed by atoms with Crippen molar-refractivity contribution in [3.8, 4) is 0 Å². The van der Waals surface area contributed by atoms with Crippen molar-refractivity contribution >= 4 is 27.4 Å². The summed E-state index contributed by atoms with van der Waals surface area (Å²) in [5, 5.41) is 0.902. The van der Waals surface area contributed by atoms with Gasteiger partial charge in [-0.25, -0.2) is 0 Å². The normalized spacial score (nSPS) is 22.9. The van der Waals surface area contributed by atoms with E-state index in [9.17, 15) is 4.79 Å². The van der Waals surface area contributed by atoms with Gasteiger partial charge in [-0.3, -0.25) is 0 Å². The number of unbranched alkanes of at least 4 members (excludes halogenated alkanes) is 1. The maximum atomic E-state index is 10.6. The molecule has 1 aliphatic heterocycles. The Bertz CT molecular complexity index is 141. The molecule has 0 aromatic heterocycles. The molecule has 1 heterocycles. The zero-order chi connectivity index (χ0) is 8.81. The lowest BCUT2D eigenvalue weighted by molar-refractivity contribution is -0.117. The molecular formula is C9H17OS2+. The fourth-order valence-electron chi connectivity index (χ4n) is 1.35. The molecule has 0 aromatic rings. The van der Waals surface area contributed by atoms with Crippen LogP contribution in [0.15, 0.2) is 0 Å². The number of rotatable bonds is 5. The topological polar surface area (TPSA) is 17.1 Å². The van der Waals surface area contributed by atoms with Crippen LogP contribution in [0.5, 0.6) is 0 Å². The van der Waals surface area contributed by atoms with Crippen LogP contribution in [-0.4, -0.2) is 16.8 Å². The highest BCUT2D eigenvalue weighted by Gasteiger charge is 2.22. The highest BCUT2D eigenvalue weighted by atomic mass is 33.1. The predicted molar refractivity (Wildman–Crippen MR) is 58.8 cm³/mol. The van der Waals surface area contributed by atoms with Crippen LogP contribution >= 0.6 is 10.8 Å². The average Bonchev–Trinajstić information content (AvgIpc) is 2.49. The van der Waals surface area contributed by atoms with Crippen molar-refractivity contribution < 1.29 is 4.79 Å². The van der Waals surface area contributed by atoms with Crippen LogP contribution in [-0.2, 0) is 15.6 Å². The minimum atomic E-state index is 0.340. The van der Waals surface area contributed by atoms with Crippen molar-refractivity contribution in [2.45, 2.75) is 44.3 Å². The van der Waals surface area contributed by atoms with Gasteiger partial charge in [0.1, 0.15) is 11.5 Å². The van der Waals surface area contributed by atoms with Gasteiger partial charge in [0, 0.05) is 23.6 Å². The molecule has 1 nitrogen and oxygen atoms in total. The minimum Gasteiger partial charge on any atom is -0.300 e. The smallest absolute Gasteiger partial charge is 0.129 e. The second kappa shape index (κ2) is 5.92. The standard InChI is InChI=1S/C9H16OS2/c1-8(10)4-2-3-5-9-6-7-11-12-9/h9H,2-7H2,1H3/p+1. The molecule has 0 spiro atoms. The van der Waals surface area contributed by atoms with Crippen LogP contribution in [0.4, 0.5) is 0 Å². The van der Waals surface area contributed by atoms with Crippen LogP contribution in [0.1, 0.15) is 39.0 Å². The monoisotopic (exact) mass is 205 g/mol. The molecule has 70 valence electrons. The van der Waals surface area contributed by atoms with E-state index in [-0.39, 0.29) is 0 Å². The molecule has 0 saturated carbocycles. The summed E-state index contributed by atoms with van der Waals surface area (Å²) < 4.78 is 0. The third-order valence-corrected chi connectivity index (χ3v) is 5.32. The van der Waals surface area contributed by atoms with Gasteiger partial charge in [0.05, 0.1) is 16.0 Å². The molecular weight excluding hydrogens is 188 g/mol. The molecule has 0 aliphatic carbocycles. The van der Waals surface area contributed by atoms with E-state index in [1.165, 1.54) is 25.0 Å². The SMILES string of the molecule is CC(=O)CCCCC1CC[SH+]S1. The molecule has 1 saturated heterocycles. The predicted octanol–water partition coefficient (Wildman–Crippen LogP) is 2.37. The number of ketones is 1. The quantitative estimate of drug-likeness (QED) is 0.297. The van der Waals surface area contributed by atoms with Gasteiger partial charge in [0.15, 0.2) is 0 Å². The van der Waals surface area contributed by atoms with Gasteiger partial charge in [-0.05, 0) is 19.8 Å². The summed E-state index contributed by atoms with van der Waals surface area (Å²) in [7, 11) is 3.66. The molecule has 3 heteroatoms.